The highest BCUT2D eigenvalue weighted by atomic mass is 16.7. The molecule has 0 aliphatic carbocycles. The molecule has 0 saturated carbocycles. The third-order valence-corrected chi connectivity index (χ3v) is 5.18. The summed E-state index contributed by atoms with van der Waals surface area (Å²) in [6.07, 6.45) is 2.43. The smallest absolute Gasteiger partial charge is 0.337 e. The summed E-state index contributed by atoms with van der Waals surface area (Å²) >= 11 is 0. The minimum atomic E-state index is -0.614. The first-order chi connectivity index (χ1) is 15.4. The SMILES string of the molecule is COC(=O)c1ccc(C2C=C(C(=O)N(C)CC(OC)OC)OC(OCCCCO)C2)cc1. The standard InChI is InChI=1S/C23H33NO8/c1-24(15-21(28-2)29-3)22(26)19-13-18(14-20(32-19)31-12-6-5-11-25)16-7-9-17(10-8-16)23(27)30-4/h7-10,13,18,20-21,25H,5-6,11-12,14-15H2,1-4H3. The second-order valence-corrected chi connectivity index (χ2v) is 7.42. The molecule has 0 saturated heterocycles. The zero-order chi connectivity index (χ0) is 23.5. The largest absolute Gasteiger partial charge is 0.465 e. The summed E-state index contributed by atoms with van der Waals surface area (Å²) in [7, 11) is 5.99. The van der Waals surface area contributed by atoms with E-state index < -0.39 is 18.5 Å². The van der Waals surface area contributed by atoms with E-state index in [-0.39, 0.29) is 30.7 Å². The van der Waals surface area contributed by atoms with Crippen LogP contribution >= 0.6 is 0 Å². The fraction of sp³-hybridized carbons (Fsp3) is 0.565. The Morgan fingerprint density at radius 1 is 1.16 bits per heavy atom. The van der Waals surface area contributed by atoms with Crippen molar-refractivity contribution < 1.29 is 38.4 Å². The number of rotatable bonds is 12. The number of amides is 1. The van der Waals surface area contributed by atoms with E-state index in [9.17, 15) is 9.59 Å². The molecule has 1 aliphatic heterocycles. The predicted octanol–water partition coefficient (Wildman–Crippen LogP) is 2.05. The number of esters is 1. The van der Waals surface area contributed by atoms with Crippen molar-refractivity contribution in [2.45, 2.75) is 37.8 Å². The molecule has 178 valence electrons. The first kappa shape index (κ1) is 25.8. The number of likely N-dealkylation sites (N-methyl/N-ethyl adjacent to an activating group) is 1. The summed E-state index contributed by atoms with van der Waals surface area (Å²) < 4.78 is 26.8. The van der Waals surface area contributed by atoms with Crippen LogP contribution in [0.5, 0.6) is 0 Å². The second kappa shape index (κ2) is 13.2. The predicted molar refractivity (Wildman–Crippen MR) is 116 cm³/mol. The molecule has 1 amide bonds. The molecule has 0 radical (unpaired) electrons. The topological polar surface area (TPSA) is 104 Å². The molecule has 0 fully saturated rings. The van der Waals surface area contributed by atoms with E-state index in [1.54, 1.807) is 25.3 Å². The van der Waals surface area contributed by atoms with E-state index in [1.165, 1.54) is 26.2 Å². The van der Waals surface area contributed by atoms with Crippen molar-refractivity contribution in [1.82, 2.24) is 4.90 Å². The molecular weight excluding hydrogens is 418 g/mol. The Balaban J connectivity index is 2.20. The van der Waals surface area contributed by atoms with Gasteiger partial charge in [-0.1, -0.05) is 12.1 Å². The van der Waals surface area contributed by atoms with Crippen molar-refractivity contribution in [3.05, 3.63) is 47.2 Å². The van der Waals surface area contributed by atoms with Gasteiger partial charge in [0.1, 0.15) is 0 Å². The second-order valence-electron chi connectivity index (χ2n) is 7.42. The number of nitrogens with zero attached hydrogens (tertiary/aromatic N) is 1. The molecule has 1 aliphatic rings. The molecule has 1 aromatic carbocycles. The molecule has 2 rings (SSSR count). The zero-order valence-electron chi connectivity index (χ0n) is 19.1. The molecule has 1 N–H and O–H groups in total. The molecule has 9 nitrogen and oxygen atoms in total. The first-order valence-corrected chi connectivity index (χ1v) is 10.5. The number of aliphatic hydroxyl groups excluding tert-OH is 1. The Kier molecular flexibility index (Phi) is 10.6. The van der Waals surface area contributed by atoms with Gasteiger partial charge in [-0.25, -0.2) is 4.79 Å². The van der Waals surface area contributed by atoms with Crippen LogP contribution in [0.3, 0.4) is 0 Å². The lowest BCUT2D eigenvalue weighted by Gasteiger charge is -2.31. The fourth-order valence-corrected chi connectivity index (χ4v) is 3.30. The lowest BCUT2D eigenvalue weighted by molar-refractivity contribution is -0.158. The Bertz CT molecular complexity index is 760. The number of carbonyl (C=O) groups is 2. The van der Waals surface area contributed by atoms with Crippen LogP contribution in [-0.4, -0.2) is 82.6 Å². The maximum absolute atomic E-state index is 13.0. The molecule has 32 heavy (non-hydrogen) atoms. The van der Waals surface area contributed by atoms with Crippen molar-refractivity contribution >= 4 is 11.9 Å². The van der Waals surface area contributed by atoms with Gasteiger partial charge in [0.05, 0.1) is 25.8 Å². The number of unbranched alkanes of at least 4 members (excludes halogenated alkanes) is 1. The van der Waals surface area contributed by atoms with Crippen molar-refractivity contribution in [3.8, 4) is 0 Å². The van der Waals surface area contributed by atoms with Gasteiger partial charge < -0.3 is 33.7 Å². The maximum Gasteiger partial charge on any atom is 0.337 e. The van der Waals surface area contributed by atoms with Gasteiger partial charge in [0.25, 0.3) is 5.91 Å². The van der Waals surface area contributed by atoms with E-state index in [0.29, 0.717) is 31.4 Å². The van der Waals surface area contributed by atoms with Gasteiger partial charge in [0.15, 0.2) is 12.0 Å². The third kappa shape index (κ3) is 7.30. The van der Waals surface area contributed by atoms with Crippen LogP contribution in [0.25, 0.3) is 0 Å². The van der Waals surface area contributed by atoms with Gasteiger partial charge in [-0.15, -0.1) is 0 Å². The molecule has 1 aromatic rings. The lowest BCUT2D eigenvalue weighted by atomic mass is 9.92. The molecule has 2 unspecified atom stereocenters. The molecule has 0 aromatic heterocycles. The van der Waals surface area contributed by atoms with Crippen LogP contribution in [0.15, 0.2) is 36.1 Å². The van der Waals surface area contributed by atoms with E-state index in [2.05, 4.69) is 0 Å². The molecule has 0 bridgehead atoms. The van der Waals surface area contributed by atoms with Gasteiger partial charge in [0, 0.05) is 40.2 Å². The number of methoxy groups -OCH3 is 3. The number of carbonyl (C=O) groups excluding carboxylic acids is 2. The number of aliphatic hydroxyl groups is 1. The van der Waals surface area contributed by atoms with Crippen LogP contribution in [0.1, 0.15) is 41.1 Å². The molecule has 0 spiro atoms. The quantitative estimate of drug-likeness (QED) is 0.293. The van der Waals surface area contributed by atoms with E-state index in [1.807, 2.05) is 12.1 Å². The first-order valence-electron chi connectivity index (χ1n) is 10.5. The van der Waals surface area contributed by atoms with Crippen LogP contribution < -0.4 is 0 Å². The number of hydrogen-bond donors (Lipinski definition) is 1. The number of benzene rings is 1. The minimum Gasteiger partial charge on any atom is -0.465 e. The van der Waals surface area contributed by atoms with Gasteiger partial charge in [-0.3, -0.25) is 4.79 Å². The number of ether oxygens (including phenoxy) is 5. The Labute approximate surface area is 188 Å². The van der Waals surface area contributed by atoms with Crippen LogP contribution in [0.4, 0.5) is 0 Å². The highest BCUT2D eigenvalue weighted by Crippen LogP contribution is 2.32. The average Bonchev–Trinajstić information content (AvgIpc) is 2.83. The fourth-order valence-electron chi connectivity index (χ4n) is 3.30. The van der Waals surface area contributed by atoms with Crippen molar-refractivity contribution in [3.63, 3.8) is 0 Å². The monoisotopic (exact) mass is 451 g/mol. The van der Waals surface area contributed by atoms with Gasteiger partial charge in [-0.2, -0.15) is 0 Å². The van der Waals surface area contributed by atoms with Gasteiger partial charge in [-0.05, 0) is 36.6 Å². The van der Waals surface area contributed by atoms with Crippen molar-refractivity contribution in [1.29, 1.82) is 0 Å². The highest BCUT2D eigenvalue weighted by Gasteiger charge is 2.31. The number of hydrogen-bond acceptors (Lipinski definition) is 8. The summed E-state index contributed by atoms with van der Waals surface area (Å²) in [5.74, 6) is -0.693. The highest BCUT2D eigenvalue weighted by molar-refractivity contribution is 5.91. The Morgan fingerprint density at radius 3 is 2.44 bits per heavy atom. The van der Waals surface area contributed by atoms with E-state index >= 15 is 0 Å². The molecule has 2 atom stereocenters. The van der Waals surface area contributed by atoms with E-state index in [0.717, 1.165) is 5.56 Å². The maximum atomic E-state index is 13.0. The summed E-state index contributed by atoms with van der Waals surface area (Å²) in [6, 6.07) is 7.05. The van der Waals surface area contributed by atoms with Crippen molar-refractivity contribution in [2.75, 3.05) is 48.1 Å². The van der Waals surface area contributed by atoms with E-state index in [4.69, 9.17) is 28.8 Å². The van der Waals surface area contributed by atoms with Gasteiger partial charge >= 0.3 is 5.97 Å². The van der Waals surface area contributed by atoms with Crippen molar-refractivity contribution in [2.24, 2.45) is 0 Å². The Morgan fingerprint density at radius 2 is 1.84 bits per heavy atom. The number of allylic oxidation sites excluding steroid dienone is 1. The third-order valence-electron chi connectivity index (χ3n) is 5.18. The summed E-state index contributed by atoms with van der Waals surface area (Å²) in [6.45, 7) is 0.734. The van der Waals surface area contributed by atoms with Crippen LogP contribution in [0.2, 0.25) is 0 Å². The summed E-state index contributed by atoms with van der Waals surface area (Å²) in [4.78, 5) is 26.2. The van der Waals surface area contributed by atoms with Crippen LogP contribution in [0, 0.1) is 0 Å². The minimum absolute atomic E-state index is 0.0959. The van der Waals surface area contributed by atoms with Crippen LogP contribution in [-0.2, 0) is 28.5 Å². The summed E-state index contributed by atoms with van der Waals surface area (Å²) in [5.41, 5.74) is 1.37. The normalized spacial score (nSPS) is 18.1. The van der Waals surface area contributed by atoms with Gasteiger partial charge in [0.2, 0.25) is 6.29 Å². The molecular formula is C23H33NO8. The molecule has 9 heteroatoms. The zero-order valence-corrected chi connectivity index (χ0v) is 19.1. The molecule has 1 heterocycles. The average molecular weight is 452 g/mol. The summed E-state index contributed by atoms with van der Waals surface area (Å²) in [5, 5.41) is 8.96. The lowest BCUT2D eigenvalue weighted by Crippen LogP contribution is -2.39. The Hall–Kier alpha value is -2.46.